The highest BCUT2D eigenvalue weighted by Gasteiger charge is 2.16. The van der Waals surface area contributed by atoms with Crippen molar-refractivity contribution in [3.63, 3.8) is 0 Å². The lowest BCUT2D eigenvalue weighted by molar-refractivity contribution is -0.132. The average Bonchev–Trinajstić information content (AvgIpc) is 3.31. The van der Waals surface area contributed by atoms with Gasteiger partial charge in [0, 0.05) is 23.4 Å². The van der Waals surface area contributed by atoms with Crippen LogP contribution in [0.15, 0.2) is 54.2 Å². The van der Waals surface area contributed by atoms with Crippen LogP contribution in [0.1, 0.15) is 80.9 Å². The summed E-state index contributed by atoms with van der Waals surface area (Å²) in [5.74, 6) is 1.14. The maximum Gasteiger partial charge on any atom is 0.331 e. The summed E-state index contributed by atoms with van der Waals surface area (Å²) in [6.07, 6.45) is 14.5. The van der Waals surface area contributed by atoms with Gasteiger partial charge in [0.15, 0.2) is 11.5 Å². The van der Waals surface area contributed by atoms with Gasteiger partial charge in [0.05, 0.1) is 32.7 Å². The summed E-state index contributed by atoms with van der Waals surface area (Å²) < 4.78 is 12.8. The van der Waals surface area contributed by atoms with Gasteiger partial charge in [-0.3, -0.25) is 0 Å². The van der Waals surface area contributed by atoms with Gasteiger partial charge < -0.3 is 19.1 Å². The largest absolute Gasteiger partial charge is 0.493 e. The molecule has 0 aliphatic heterocycles. The van der Waals surface area contributed by atoms with Crippen molar-refractivity contribution in [2.45, 2.75) is 77.7 Å². The van der Waals surface area contributed by atoms with E-state index in [1.165, 1.54) is 38.5 Å². The summed E-state index contributed by atoms with van der Waals surface area (Å²) in [5, 5.41) is 10.7. The maximum absolute atomic E-state index is 12.3. The number of carboxylic acids is 1. The van der Waals surface area contributed by atoms with Gasteiger partial charge in [-0.2, -0.15) is 0 Å². The number of carbonyl (C=O) groups is 1. The molecule has 2 aromatic carbocycles. The molecule has 39 heavy (non-hydrogen) atoms. The topological polar surface area (TPSA) is 73.6 Å². The molecule has 0 bridgehead atoms. The van der Waals surface area contributed by atoms with Crippen LogP contribution < -0.4 is 9.47 Å². The molecule has 7 heteroatoms. The molecule has 0 amide bonds. The van der Waals surface area contributed by atoms with Crippen molar-refractivity contribution < 1.29 is 19.4 Å². The van der Waals surface area contributed by atoms with Gasteiger partial charge in [-0.15, -0.1) is 0 Å². The number of halogens is 1. The molecular formula is C32H41ClN2O4. The van der Waals surface area contributed by atoms with E-state index >= 15 is 0 Å². The summed E-state index contributed by atoms with van der Waals surface area (Å²) in [6.45, 7) is 2.77. The Hall–Kier alpha value is -3.25. The van der Waals surface area contributed by atoms with E-state index < -0.39 is 5.97 Å². The van der Waals surface area contributed by atoms with Crippen molar-refractivity contribution in [2.24, 2.45) is 0 Å². The number of benzene rings is 2. The molecular weight excluding hydrogens is 512 g/mol. The Morgan fingerprint density at radius 3 is 2.33 bits per heavy atom. The molecule has 0 spiro atoms. The number of imidazole rings is 1. The zero-order chi connectivity index (χ0) is 28.0. The van der Waals surface area contributed by atoms with Gasteiger partial charge in [-0.05, 0) is 41.8 Å². The van der Waals surface area contributed by atoms with Crippen LogP contribution in [0.3, 0.4) is 0 Å². The number of ether oxygens (including phenoxy) is 2. The first-order valence-corrected chi connectivity index (χ1v) is 14.3. The Bertz CT molecular complexity index is 1230. The minimum Gasteiger partial charge on any atom is -0.493 e. The van der Waals surface area contributed by atoms with Crippen LogP contribution in [0.4, 0.5) is 0 Å². The number of aromatic nitrogens is 2. The number of aliphatic carboxylic acids is 1. The third kappa shape index (κ3) is 9.17. The van der Waals surface area contributed by atoms with Gasteiger partial charge in [-0.1, -0.05) is 87.7 Å². The number of unbranched alkanes of at least 4 members (excludes halogenated alkanes) is 7. The van der Waals surface area contributed by atoms with Crippen molar-refractivity contribution >= 4 is 23.6 Å². The Morgan fingerprint density at radius 2 is 1.67 bits per heavy atom. The number of aryl methyl sites for hydroxylation is 1. The van der Waals surface area contributed by atoms with Gasteiger partial charge in [0.25, 0.3) is 0 Å². The average molecular weight is 553 g/mol. The van der Waals surface area contributed by atoms with Crippen LogP contribution in [-0.4, -0.2) is 34.8 Å². The van der Waals surface area contributed by atoms with E-state index in [9.17, 15) is 9.90 Å². The molecule has 0 unspecified atom stereocenters. The smallest absolute Gasteiger partial charge is 0.331 e. The fraction of sp³-hybridized carbons (Fsp3) is 0.438. The number of hydrogen-bond acceptors (Lipinski definition) is 4. The maximum atomic E-state index is 12.3. The van der Waals surface area contributed by atoms with E-state index in [1.807, 2.05) is 36.4 Å². The summed E-state index contributed by atoms with van der Waals surface area (Å²) in [6, 6.07) is 13.2. The third-order valence-electron chi connectivity index (χ3n) is 6.95. The second-order valence-corrected chi connectivity index (χ2v) is 10.2. The lowest BCUT2D eigenvalue weighted by Crippen LogP contribution is -2.10. The molecule has 210 valence electrons. The third-order valence-corrected chi connectivity index (χ3v) is 7.32. The van der Waals surface area contributed by atoms with Crippen LogP contribution in [-0.2, 0) is 24.2 Å². The van der Waals surface area contributed by atoms with Crippen molar-refractivity contribution in [2.75, 3.05) is 14.2 Å². The molecule has 0 aliphatic carbocycles. The van der Waals surface area contributed by atoms with E-state index in [0.29, 0.717) is 23.1 Å². The molecule has 6 nitrogen and oxygen atoms in total. The molecule has 0 saturated heterocycles. The standard InChI is InChI=1S/C32H41ClN2O4/c1-4-5-6-7-8-9-10-11-16-31-34-22-27(35(31)23-25-14-12-13-15-28(25)33)21-26(32(36)37)19-24-17-18-29(38-2)30(20-24)39-3/h12-15,17-18,20-22H,4-11,16,19,23H2,1-3H3,(H,36,37)/b26-21+. The van der Waals surface area contributed by atoms with Crippen molar-refractivity contribution in [1.29, 1.82) is 0 Å². The van der Waals surface area contributed by atoms with Crippen LogP contribution in [0, 0.1) is 0 Å². The summed E-state index contributed by atoms with van der Waals surface area (Å²) in [7, 11) is 3.14. The molecule has 0 saturated carbocycles. The molecule has 0 fully saturated rings. The highest BCUT2D eigenvalue weighted by molar-refractivity contribution is 6.31. The Balaban J connectivity index is 1.82. The van der Waals surface area contributed by atoms with E-state index in [1.54, 1.807) is 32.6 Å². The number of rotatable bonds is 17. The number of methoxy groups -OCH3 is 2. The normalized spacial score (nSPS) is 11.5. The van der Waals surface area contributed by atoms with Crippen molar-refractivity contribution in [3.05, 3.63) is 81.9 Å². The Labute approximate surface area is 237 Å². The van der Waals surface area contributed by atoms with Crippen LogP contribution in [0.25, 0.3) is 6.08 Å². The van der Waals surface area contributed by atoms with Crippen molar-refractivity contribution in [3.8, 4) is 11.5 Å². The summed E-state index contributed by atoms with van der Waals surface area (Å²) in [4.78, 5) is 17.0. The number of carboxylic acid groups (broad SMARTS) is 1. The second kappa shape index (κ2) is 16.0. The molecule has 1 N–H and O–H groups in total. The van der Waals surface area contributed by atoms with E-state index in [2.05, 4.69) is 11.5 Å². The number of nitrogens with zero attached hydrogens (tertiary/aromatic N) is 2. The first kappa shape index (κ1) is 30.3. The Morgan fingerprint density at radius 1 is 0.974 bits per heavy atom. The predicted molar refractivity (Wildman–Crippen MR) is 158 cm³/mol. The van der Waals surface area contributed by atoms with Crippen LogP contribution in [0.2, 0.25) is 5.02 Å². The predicted octanol–water partition coefficient (Wildman–Crippen LogP) is 8.00. The zero-order valence-electron chi connectivity index (χ0n) is 23.4. The van der Waals surface area contributed by atoms with E-state index in [4.69, 9.17) is 26.1 Å². The zero-order valence-corrected chi connectivity index (χ0v) is 24.2. The van der Waals surface area contributed by atoms with Gasteiger partial charge in [0.1, 0.15) is 5.82 Å². The van der Waals surface area contributed by atoms with E-state index in [0.717, 1.165) is 41.9 Å². The SMILES string of the molecule is CCCCCCCCCCc1ncc(/C=C(\Cc2ccc(OC)c(OC)c2)C(=O)O)n1Cc1ccccc1Cl. The van der Waals surface area contributed by atoms with Gasteiger partial charge >= 0.3 is 5.97 Å². The highest BCUT2D eigenvalue weighted by atomic mass is 35.5. The fourth-order valence-electron chi connectivity index (χ4n) is 4.72. The molecule has 3 aromatic rings. The first-order valence-electron chi connectivity index (χ1n) is 13.9. The Kier molecular flexibility index (Phi) is 12.4. The first-order chi connectivity index (χ1) is 19.0. The molecule has 1 aromatic heterocycles. The van der Waals surface area contributed by atoms with Crippen LogP contribution >= 0.6 is 11.6 Å². The van der Waals surface area contributed by atoms with Crippen molar-refractivity contribution in [1.82, 2.24) is 9.55 Å². The molecule has 3 rings (SSSR count). The monoisotopic (exact) mass is 552 g/mol. The minimum atomic E-state index is -0.972. The highest BCUT2D eigenvalue weighted by Crippen LogP contribution is 2.29. The van der Waals surface area contributed by atoms with E-state index in [-0.39, 0.29) is 12.0 Å². The molecule has 0 radical (unpaired) electrons. The molecule has 0 atom stereocenters. The molecule has 0 aliphatic rings. The van der Waals surface area contributed by atoms with Crippen LogP contribution in [0.5, 0.6) is 11.5 Å². The quantitative estimate of drug-likeness (QED) is 0.136. The fourth-order valence-corrected chi connectivity index (χ4v) is 4.91. The molecule has 1 heterocycles. The van der Waals surface area contributed by atoms with Gasteiger partial charge in [-0.25, -0.2) is 9.78 Å². The summed E-state index contributed by atoms with van der Waals surface area (Å²) in [5.41, 5.74) is 2.81. The lowest BCUT2D eigenvalue weighted by Gasteiger charge is -2.13. The second-order valence-electron chi connectivity index (χ2n) is 9.84. The lowest BCUT2D eigenvalue weighted by atomic mass is 10.0. The summed E-state index contributed by atoms with van der Waals surface area (Å²) >= 11 is 6.49. The number of hydrogen-bond donors (Lipinski definition) is 1. The van der Waals surface area contributed by atoms with Gasteiger partial charge in [0.2, 0.25) is 0 Å². The minimum absolute atomic E-state index is 0.236.